The number of halogens is 5. The van der Waals surface area contributed by atoms with Crippen molar-refractivity contribution in [1.82, 2.24) is 0 Å². The molecular weight excluding hydrogens is 590 g/mol. The highest BCUT2D eigenvalue weighted by Crippen LogP contribution is 2.35. The minimum atomic E-state index is -3.41. The molecule has 0 spiro atoms. The van der Waals surface area contributed by atoms with Gasteiger partial charge in [0.05, 0.1) is 24.9 Å². The van der Waals surface area contributed by atoms with Crippen molar-refractivity contribution in [1.29, 1.82) is 0 Å². The maximum atomic E-state index is 12.1. The Kier molecular flexibility index (Phi) is 10.3. The molecule has 11 heteroatoms. The Bertz CT molecular complexity index is 1420. The highest BCUT2D eigenvalue weighted by molar-refractivity contribution is 7.97. The van der Waals surface area contributed by atoms with Crippen molar-refractivity contribution >= 4 is 85.5 Å². The molecule has 4 aromatic carbocycles. The van der Waals surface area contributed by atoms with Crippen LogP contribution in [0.2, 0.25) is 25.1 Å². The van der Waals surface area contributed by atoms with E-state index in [0.717, 1.165) is 4.90 Å². The zero-order chi connectivity index (χ0) is 25.4. The third-order valence-electron chi connectivity index (χ3n) is 4.28. The molecule has 0 heterocycles. The van der Waals surface area contributed by atoms with E-state index in [1.807, 2.05) is 12.1 Å². The lowest BCUT2D eigenvalue weighted by atomic mass is 10.3. The van der Waals surface area contributed by atoms with E-state index in [1.54, 1.807) is 60.7 Å². The summed E-state index contributed by atoms with van der Waals surface area (Å²) >= 11 is 30.4. The van der Waals surface area contributed by atoms with Gasteiger partial charge < -0.3 is 0 Å². The summed E-state index contributed by atoms with van der Waals surface area (Å²) in [4.78, 5) is 1.46. The second-order valence-electron chi connectivity index (χ2n) is 6.71. The van der Waals surface area contributed by atoms with Crippen LogP contribution in [-0.4, -0.2) is 8.42 Å². The normalized spacial score (nSPS) is 11.2. The lowest BCUT2D eigenvalue weighted by molar-refractivity contribution is 0.596. The Morgan fingerprint density at radius 3 is 1.71 bits per heavy atom. The highest BCUT2D eigenvalue weighted by Gasteiger charge is 2.16. The van der Waals surface area contributed by atoms with Gasteiger partial charge in [-0.05, 0) is 72.8 Å². The molecule has 4 rings (SSSR count). The average molecular weight is 605 g/mol. The molecule has 0 aliphatic carbocycles. The summed E-state index contributed by atoms with van der Waals surface area (Å²) in [6, 6.07) is 24.8. The van der Waals surface area contributed by atoms with Gasteiger partial charge in [0, 0.05) is 26.9 Å². The third kappa shape index (κ3) is 8.12. The Morgan fingerprint density at radius 1 is 0.600 bits per heavy atom. The second-order valence-corrected chi connectivity index (χ2v) is 11.6. The topological polar surface area (TPSA) is 58.9 Å². The van der Waals surface area contributed by atoms with E-state index in [2.05, 4.69) is 9.63 Å². The van der Waals surface area contributed by atoms with E-state index in [4.69, 9.17) is 58.0 Å². The first-order chi connectivity index (χ1) is 16.7. The van der Waals surface area contributed by atoms with Crippen molar-refractivity contribution in [2.75, 3.05) is 0 Å². The zero-order valence-electron chi connectivity index (χ0n) is 17.6. The summed E-state index contributed by atoms with van der Waals surface area (Å²) in [6.45, 7) is 0. The Morgan fingerprint density at radius 2 is 1.11 bits per heavy atom. The number of hydrogen-bond acceptors (Lipinski definition) is 5. The van der Waals surface area contributed by atoms with E-state index >= 15 is 0 Å². The fourth-order valence-corrected chi connectivity index (χ4v) is 5.14. The van der Waals surface area contributed by atoms with Crippen molar-refractivity contribution in [2.45, 2.75) is 14.7 Å². The standard InChI is InChI=1S/C12H6Cl4N2S.C12H9ClO2S/c13-7-1-3-8(4-2-7)19-18-17-12-6-10(15)9(14)5-11(12)16;13-10-6-8-12(9-7-10)16(14,15)11-4-2-1-3-5-11/h1-6H;1-9H. The van der Waals surface area contributed by atoms with Crippen LogP contribution in [0.5, 0.6) is 0 Å². The zero-order valence-corrected chi connectivity index (χ0v) is 23.0. The van der Waals surface area contributed by atoms with E-state index < -0.39 is 9.84 Å². The number of nitrogens with zero attached hydrogens (tertiary/aromatic N) is 2. The second kappa shape index (κ2) is 13.0. The predicted octanol–water partition coefficient (Wildman–Crippen LogP) is 10.3. The molecule has 0 aromatic heterocycles. The molecule has 0 saturated heterocycles. The summed E-state index contributed by atoms with van der Waals surface area (Å²) in [7, 11) is -3.41. The summed E-state index contributed by atoms with van der Waals surface area (Å²) in [6.07, 6.45) is 0. The fourth-order valence-electron chi connectivity index (χ4n) is 2.55. The molecular formula is C24H15Cl5N2O2S2. The molecule has 35 heavy (non-hydrogen) atoms. The monoisotopic (exact) mass is 602 g/mol. The lowest BCUT2D eigenvalue weighted by Crippen LogP contribution is -2.01. The molecule has 0 aliphatic rings. The molecule has 0 aliphatic heterocycles. The number of hydrogen-bond donors (Lipinski definition) is 0. The SMILES string of the molecule is Clc1ccc(SN=Nc2cc(Cl)c(Cl)cc2Cl)cc1.O=S(=O)(c1ccccc1)c1ccc(Cl)cc1. The van der Waals surface area contributed by atoms with Crippen LogP contribution in [0.25, 0.3) is 0 Å². The Balaban J connectivity index is 0.000000198. The molecule has 0 unspecified atom stereocenters. The van der Waals surface area contributed by atoms with Gasteiger partial charge in [-0.15, -0.1) is 9.63 Å². The van der Waals surface area contributed by atoms with Crippen molar-refractivity contribution in [3.05, 3.63) is 116 Å². The summed E-state index contributed by atoms with van der Waals surface area (Å²) in [5, 5.41) is 6.37. The van der Waals surface area contributed by atoms with Crippen LogP contribution in [0.15, 0.2) is 115 Å². The minimum Gasteiger partial charge on any atom is -0.219 e. The minimum absolute atomic E-state index is 0.253. The van der Waals surface area contributed by atoms with E-state index in [-0.39, 0.29) is 9.79 Å². The van der Waals surface area contributed by atoms with Gasteiger partial charge in [-0.1, -0.05) is 76.2 Å². The first-order valence-corrected chi connectivity index (χ1v) is 13.9. The first kappa shape index (κ1) is 27.8. The quantitative estimate of drug-likeness (QED) is 0.129. The van der Waals surface area contributed by atoms with Gasteiger partial charge in [0.1, 0.15) is 5.69 Å². The van der Waals surface area contributed by atoms with Gasteiger partial charge in [0.15, 0.2) is 0 Å². The van der Waals surface area contributed by atoms with Gasteiger partial charge in [-0.25, -0.2) is 8.42 Å². The molecule has 0 saturated carbocycles. The van der Waals surface area contributed by atoms with Crippen molar-refractivity contribution < 1.29 is 8.42 Å². The van der Waals surface area contributed by atoms with Crippen LogP contribution in [0.4, 0.5) is 5.69 Å². The van der Waals surface area contributed by atoms with Gasteiger partial charge in [0.2, 0.25) is 9.84 Å². The summed E-state index contributed by atoms with van der Waals surface area (Å²) < 4.78 is 28.2. The maximum absolute atomic E-state index is 12.1. The van der Waals surface area contributed by atoms with Gasteiger partial charge in [0.25, 0.3) is 0 Å². The molecule has 180 valence electrons. The van der Waals surface area contributed by atoms with Gasteiger partial charge >= 0.3 is 0 Å². The highest BCUT2D eigenvalue weighted by atomic mass is 35.5. The number of sulfone groups is 1. The van der Waals surface area contributed by atoms with Gasteiger partial charge in [-0.2, -0.15) is 0 Å². The van der Waals surface area contributed by atoms with E-state index in [9.17, 15) is 8.42 Å². The van der Waals surface area contributed by atoms with Crippen molar-refractivity contribution in [3.63, 3.8) is 0 Å². The van der Waals surface area contributed by atoms with Gasteiger partial charge in [-0.3, -0.25) is 0 Å². The van der Waals surface area contributed by atoms with Crippen LogP contribution >= 0.6 is 70.0 Å². The van der Waals surface area contributed by atoms with E-state index in [0.29, 0.717) is 30.8 Å². The van der Waals surface area contributed by atoms with Crippen LogP contribution < -0.4 is 0 Å². The summed E-state index contributed by atoms with van der Waals surface area (Å²) in [5.41, 5.74) is 0.470. The maximum Gasteiger partial charge on any atom is 0.206 e. The molecule has 0 amide bonds. The molecule has 4 nitrogen and oxygen atoms in total. The fraction of sp³-hybridized carbons (Fsp3) is 0. The first-order valence-electron chi connectivity index (χ1n) is 9.70. The number of rotatable bonds is 5. The molecule has 0 bridgehead atoms. The van der Waals surface area contributed by atoms with Crippen LogP contribution in [0.1, 0.15) is 0 Å². The summed E-state index contributed by atoms with van der Waals surface area (Å²) in [5.74, 6) is 0. The molecule has 0 radical (unpaired) electrons. The Hall–Kier alpha value is -1.77. The van der Waals surface area contributed by atoms with Crippen LogP contribution in [0.3, 0.4) is 0 Å². The lowest BCUT2D eigenvalue weighted by Gasteiger charge is -2.03. The van der Waals surface area contributed by atoms with E-state index in [1.165, 1.54) is 30.1 Å². The predicted molar refractivity (Wildman–Crippen MR) is 147 cm³/mol. The van der Waals surface area contributed by atoms with Crippen molar-refractivity contribution in [3.8, 4) is 0 Å². The molecule has 4 aromatic rings. The molecule has 0 atom stereocenters. The molecule has 0 fully saturated rings. The largest absolute Gasteiger partial charge is 0.219 e. The van der Waals surface area contributed by atoms with Crippen LogP contribution in [-0.2, 0) is 9.84 Å². The van der Waals surface area contributed by atoms with Crippen molar-refractivity contribution in [2.24, 2.45) is 9.63 Å². The van der Waals surface area contributed by atoms with Crippen LogP contribution in [0, 0.1) is 0 Å². The number of benzene rings is 4. The Labute approximate surface area is 232 Å². The average Bonchev–Trinajstić information content (AvgIpc) is 2.85. The smallest absolute Gasteiger partial charge is 0.206 e. The third-order valence-corrected chi connectivity index (χ3v) is 8.24. The molecule has 0 N–H and O–H groups in total.